The monoisotopic (exact) mass is 439 g/mol. The van der Waals surface area contributed by atoms with Crippen molar-refractivity contribution in [1.82, 2.24) is 9.78 Å². The minimum absolute atomic E-state index is 0. The molecular weight excluding hydrogens is 414 g/mol. The molecule has 2 unspecified atom stereocenters. The second-order valence-corrected chi connectivity index (χ2v) is 6.75. The number of nitrogens with zero attached hydrogens (tertiary/aromatic N) is 3. The summed E-state index contributed by atoms with van der Waals surface area (Å²) in [4.78, 5) is 12.7. The lowest BCUT2D eigenvalue weighted by Gasteiger charge is -2.09. The lowest BCUT2D eigenvalue weighted by Crippen LogP contribution is -2.15. The van der Waals surface area contributed by atoms with Crippen LogP contribution in [-0.4, -0.2) is 29.6 Å². The van der Waals surface area contributed by atoms with Gasteiger partial charge in [-0.3, -0.25) is 4.79 Å². The van der Waals surface area contributed by atoms with Crippen molar-refractivity contribution < 1.29 is 6.17 Å². The summed E-state index contributed by atoms with van der Waals surface area (Å²) in [6.45, 7) is 0. The molecule has 0 saturated carbocycles. The molecule has 2 radical (unpaired) electrons. The van der Waals surface area contributed by atoms with E-state index in [9.17, 15) is 4.79 Å². The normalized spacial score (nSPS) is 10.9. The molecule has 32 heavy (non-hydrogen) atoms. The number of amides is 1. The number of anilines is 1. The number of aromatic nitrogens is 2. The van der Waals surface area contributed by atoms with Crippen LogP contribution in [0, 0.1) is 11.3 Å². The van der Waals surface area contributed by atoms with Gasteiger partial charge in [-0.2, -0.15) is 10.4 Å². The Balaban J connectivity index is 0.000000714. The highest BCUT2D eigenvalue weighted by atomic mass is 31.0. The molecule has 158 valence electrons. The van der Waals surface area contributed by atoms with Gasteiger partial charge in [-0.05, 0) is 30.3 Å². The molecule has 4 rings (SSSR count). The maximum atomic E-state index is 12.7. The fraction of sp³-hybridized carbons (Fsp3) is 0.0800. The van der Waals surface area contributed by atoms with Gasteiger partial charge < -0.3 is 5.32 Å². The van der Waals surface area contributed by atoms with E-state index in [2.05, 4.69) is 25.7 Å². The van der Waals surface area contributed by atoms with Crippen LogP contribution in [0.1, 0.15) is 24.7 Å². The highest BCUT2D eigenvalue weighted by Gasteiger charge is 2.15. The van der Waals surface area contributed by atoms with Gasteiger partial charge in [0.25, 0.3) is 5.91 Å². The third-order valence-electron chi connectivity index (χ3n) is 4.28. The minimum atomic E-state index is -0.500. The van der Waals surface area contributed by atoms with Crippen molar-refractivity contribution in [3.05, 3.63) is 102 Å². The summed E-state index contributed by atoms with van der Waals surface area (Å²) in [6, 6.07) is 29.4. The molecule has 5 nitrogen and oxygen atoms in total. The van der Waals surface area contributed by atoms with E-state index in [1.807, 2.05) is 66.7 Å². The number of para-hydroxylation sites is 1. The molecule has 7 heteroatoms. The zero-order chi connectivity index (χ0) is 22.9. The van der Waals surface area contributed by atoms with Crippen LogP contribution in [-0.2, 0) is 0 Å². The van der Waals surface area contributed by atoms with Crippen molar-refractivity contribution in [2.75, 3.05) is 11.4 Å². The maximum absolute atomic E-state index is 12.7. The fourth-order valence-electron chi connectivity index (χ4n) is 2.90. The van der Waals surface area contributed by atoms with E-state index in [1.54, 1.807) is 28.9 Å². The number of nitrogens with one attached hydrogen (secondary N) is 1. The molecule has 0 aliphatic carbocycles. The summed E-state index contributed by atoms with van der Waals surface area (Å²) in [5.41, 5.74) is 3.41. The van der Waals surface area contributed by atoms with Crippen LogP contribution in [0.5, 0.6) is 0 Å². The van der Waals surface area contributed by atoms with Crippen molar-refractivity contribution >= 4 is 28.8 Å². The van der Waals surface area contributed by atoms with Crippen LogP contribution in [0.25, 0.3) is 16.9 Å². The molecule has 3 aromatic carbocycles. The predicted molar refractivity (Wildman–Crippen MR) is 135 cm³/mol. The summed E-state index contributed by atoms with van der Waals surface area (Å²) in [5, 5.41) is 16.7. The van der Waals surface area contributed by atoms with Gasteiger partial charge in [-0.1, -0.05) is 68.1 Å². The fourth-order valence-corrected chi connectivity index (χ4v) is 2.90. The Morgan fingerprint density at radius 3 is 2.31 bits per heavy atom. The summed E-state index contributed by atoms with van der Waals surface area (Å²) < 4.78 is 8.03. The molecule has 0 aliphatic heterocycles. The molecule has 0 aliphatic rings. The van der Waals surface area contributed by atoms with Gasteiger partial charge in [0.2, 0.25) is 0 Å². The van der Waals surface area contributed by atoms with Crippen LogP contribution in [0.2, 0.25) is 0 Å². The highest BCUT2D eigenvalue weighted by molar-refractivity contribution is 7.19. The Hall–Kier alpha value is -3.68. The van der Waals surface area contributed by atoms with E-state index in [0.717, 1.165) is 16.9 Å². The second kappa shape index (κ2) is 12.2. The number of carbonyl (C=O) groups is 1. The molecule has 0 fully saturated rings. The zero-order valence-electron chi connectivity index (χ0n) is 17.6. The van der Waals surface area contributed by atoms with E-state index >= 15 is 0 Å². The largest absolute Gasteiger partial charge is 0.306 e. The first-order valence-corrected chi connectivity index (χ1v) is 10.1. The van der Waals surface area contributed by atoms with Crippen molar-refractivity contribution in [3.63, 3.8) is 0 Å². The Morgan fingerprint density at radius 1 is 1.06 bits per heavy atom. The van der Waals surface area contributed by atoms with Crippen molar-refractivity contribution in [3.8, 4) is 23.0 Å². The average Bonchev–Trinajstić information content (AvgIpc) is 3.23. The SMILES string of the molecule is C.N#Cc1cccc(C(=O)Nc2cc(-c3ccccc3)nn2-c2ccccc2)c1.[2H]C([B])P. The smallest absolute Gasteiger partial charge is 0.256 e. The molecule has 4 aromatic rings. The van der Waals surface area contributed by atoms with Gasteiger partial charge in [-0.25, -0.2) is 4.68 Å². The van der Waals surface area contributed by atoms with Crippen LogP contribution in [0.15, 0.2) is 91.0 Å². The van der Waals surface area contributed by atoms with E-state index in [-0.39, 0.29) is 13.3 Å². The van der Waals surface area contributed by atoms with E-state index < -0.39 is 6.04 Å². The molecule has 0 bridgehead atoms. The lowest BCUT2D eigenvalue weighted by atomic mass is 10.1. The lowest BCUT2D eigenvalue weighted by molar-refractivity contribution is 0.102. The summed E-state index contributed by atoms with van der Waals surface area (Å²) in [7, 11) is 6.84. The van der Waals surface area contributed by atoms with Crippen molar-refractivity contribution in [2.45, 2.75) is 7.43 Å². The minimum Gasteiger partial charge on any atom is -0.306 e. The number of benzene rings is 3. The van der Waals surface area contributed by atoms with E-state index in [4.69, 9.17) is 14.5 Å². The van der Waals surface area contributed by atoms with Gasteiger partial charge >= 0.3 is 0 Å². The number of rotatable bonds is 4. The second-order valence-electron chi connectivity index (χ2n) is 6.37. The number of hydrogen-bond acceptors (Lipinski definition) is 3. The van der Waals surface area contributed by atoms with E-state index in [1.165, 1.54) is 0 Å². The van der Waals surface area contributed by atoms with Gasteiger partial charge in [0.15, 0.2) is 0 Å². The topological polar surface area (TPSA) is 70.7 Å². The molecule has 1 heterocycles. The molecule has 1 aromatic heterocycles. The third-order valence-corrected chi connectivity index (χ3v) is 4.28. The Labute approximate surface area is 194 Å². The first-order valence-electron chi connectivity index (χ1n) is 10.0. The Bertz CT molecular complexity index is 1220. The van der Waals surface area contributed by atoms with Crippen LogP contribution in [0.4, 0.5) is 5.82 Å². The molecule has 2 atom stereocenters. The molecule has 0 spiro atoms. The first kappa shape index (κ1) is 23.0. The van der Waals surface area contributed by atoms with Gasteiger partial charge in [-0.15, -0.1) is 9.24 Å². The number of hydrogen-bond donors (Lipinski definition) is 1. The molecule has 1 amide bonds. The Kier molecular flexibility index (Phi) is 8.80. The quantitative estimate of drug-likeness (QED) is 0.347. The highest BCUT2D eigenvalue weighted by Crippen LogP contribution is 2.25. The Morgan fingerprint density at radius 2 is 1.69 bits per heavy atom. The summed E-state index contributed by atoms with van der Waals surface area (Å²) in [5.74, 6) is 0.256. The maximum Gasteiger partial charge on any atom is 0.256 e. The van der Waals surface area contributed by atoms with Gasteiger partial charge in [0, 0.05) is 18.6 Å². The van der Waals surface area contributed by atoms with Crippen molar-refractivity contribution in [2.24, 2.45) is 0 Å². The molecule has 1 N–H and O–H groups in total. The van der Waals surface area contributed by atoms with Crippen LogP contribution >= 0.6 is 9.24 Å². The first-order chi connectivity index (χ1) is 15.5. The van der Waals surface area contributed by atoms with Crippen LogP contribution in [0.3, 0.4) is 0 Å². The molecule has 0 saturated heterocycles. The standard InChI is InChI=1S/C23H16N4O.CH4BP.CH4/c24-16-17-8-7-11-19(14-17)23(28)25-22-15-21(18-9-3-1-4-10-18)26-27(22)20-12-5-2-6-13-20;2-1-3;/h1-15H,(H,25,28);1,3H2;1H4/i;1D;. The summed E-state index contributed by atoms with van der Waals surface area (Å²) >= 11 is 0. The van der Waals surface area contributed by atoms with Gasteiger partial charge in [0.1, 0.15) is 5.82 Å². The van der Waals surface area contributed by atoms with Crippen LogP contribution < -0.4 is 5.32 Å². The molecular formula is C25H24BN4OP. The predicted octanol–water partition coefficient (Wildman–Crippen LogP) is 5.29. The summed E-state index contributed by atoms with van der Waals surface area (Å²) in [6.07, 6.45) is 0. The average molecular weight is 439 g/mol. The van der Waals surface area contributed by atoms with E-state index in [0.29, 0.717) is 16.9 Å². The third kappa shape index (κ3) is 6.17. The van der Waals surface area contributed by atoms with Gasteiger partial charge in [0.05, 0.1) is 30.9 Å². The zero-order valence-corrected chi connectivity index (χ0v) is 17.8. The number of nitriles is 1. The van der Waals surface area contributed by atoms with Crippen molar-refractivity contribution in [1.29, 1.82) is 5.26 Å². The number of carbonyl (C=O) groups excluding carboxylic acids is 1.